The Balaban J connectivity index is 2.27. The van der Waals surface area contributed by atoms with Gasteiger partial charge in [0.1, 0.15) is 0 Å². The number of aromatic nitrogens is 1. The average Bonchev–Trinajstić information content (AvgIpc) is 2.59. The van der Waals surface area contributed by atoms with Gasteiger partial charge < -0.3 is 4.98 Å². The fourth-order valence-electron chi connectivity index (χ4n) is 1.51. The molecule has 0 saturated carbocycles. The second-order valence-corrected chi connectivity index (χ2v) is 6.28. The lowest BCUT2D eigenvalue weighted by atomic mass is 10.2. The lowest BCUT2D eigenvalue weighted by molar-refractivity contribution is 1.10. The van der Waals surface area contributed by atoms with Crippen molar-refractivity contribution in [1.29, 1.82) is 0 Å². The van der Waals surface area contributed by atoms with E-state index < -0.39 is 0 Å². The molecular formula is C12H14BrNS. The van der Waals surface area contributed by atoms with Crippen LogP contribution >= 0.6 is 27.7 Å². The van der Waals surface area contributed by atoms with Gasteiger partial charge in [-0.15, -0.1) is 0 Å². The molecule has 0 radical (unpaired) electrons. The van der Waals surface area contributed by atoms with Gasteiger partial charge in [-0.25, -0.2) is 0 Å². The normalized spacial score (nSPS) is 11.5. The van der Waals surface area contributed by atoms with Gasteiger partial charge in [-0.05, 0) is 33.3 Å². The van der Waals surface area contributed by atoms with Crippen molar-refractivity contribution in [3.05, 3.63) is 34.4 Å². The van der Waals surface area contributed by atoms with Crippen LogP contribution in [0.5, 0.6) is 0 Å². The summed E-state index contributed by atoms with van der Waals surface area (Å²) in [6, 6.07) is 8.51. The molecule has 0 fully saturated rings. The monoisotopic (exact) mass is 283 g/mol. The van der Waals surface area contributed by atoms with Crippen molar-refractivity contribution in [2.75, 3.05) is 0 Å². The standard InChI is InChI=1S/C12H14BrNS/c1-8(2)15-7-10-6-9-4-3-5-11(13)12(9)14-10/h3-6,8,14H,7H2,1-2H3. The summed E-state index contributed by atoms with van der Waals surface area (Å²) in [5.74, 6) is 1.05. The van der Waals surface area contributed by atoms with Crippen molar-refractivity contribution in [3.8, 4) is 0 Å². The van der Waals surface area contributed by atoms with Crippen molar-refractivity contribution < 1.29 is 0 Å². The number of rotatable bonds is 3. The Morgan fingerprint density at radius 2 is 2.20 bits per heavy atom. The molecule has 0 spiro atoms. The van der Waals surface area contributed by atoms with E-state index in [1.54, 1.807) is 0 Å². The van der Waals surface area contributed by atoms with Crippen LogP contribution in [0.2, 0.25) is 0 Å². The van der Waals surface area contributed by atoms with Crippen LogP contribution < -0.4 is 0 Å². The Bertz CT molecular complexity index is 462. The van der Waals surface area contributed by atoms with Gasteiger partial charge in [0.15, 0.2) is 0 Å². The SMILES string of the molecule is CC(C)SCc1cc2cccc(Br)c2[nH]1. The molecule has 3 heteroatoms. The zero-order valence-electron chi connectivity index (χ0n) is 8.88. The summed E-state index contributed by atoms with van der Waals surface area (Å²) in [5, 5.41) is 1.96. The first-order chi connectivity index (χ1) is 7.16. The van der Waals surface area contributed by atoms with Gasteiger partial charge in [-0.3, -0.25) is 0 Å². The Morgan fingerprint density at radius 1 is 1.40 bits per heavy atom. The van der Waals surface area contributed by atoms with Crippen LogP contribution in [-0.2, 0) is 5.75 Å². The summed E-state index contributed by atoms with van der Waals surface area (Å²) < 4.78 is 1.14. The Labute approximate surface area is 103 Å². The number of fused-ring (bicyclic) bond motifs is 1. The second kappa shape index (κ2) is 4.62. The molecule has 1 heterocycles. The minimum absolute atomic E-state index is 0.680. The van der Waals surface area contributed by atoms with Gasteiger partial charge in [0.05, 0.1) is 5.52 Å². The molecule has 0 saturated heterocycles. The first-order valence-corrected chi connectivity index (χ1v) is 6.88. The highest BCUT2D eigenvalue weighted by molar-refractivity contribution is 9.10. The maximum absolute atomic E-state index is 3.55. The topological polar surface area (TPSA) is 15.8 Å². The molecule has 0 atom stereocenters. The van der Waals surface area contributed by atoms with E-state index in [-0.39, 0.29) is 0 Å². The van der Waals surface area contributed by atoms with Crippen LogP contribution in [0.25, 0.3) is 10.9 Å². The summed E-state index contributed by atoms with van der Waals surface area (Å²) >= 11 is 5.51. The number of hydrogen-bond donors (Lipinski definition) is 1. The minimum atomic E-state index is 0.680. The molecular weight excluding hydrogens is 270 g/mol. The van der Waals surface area contributed by atoms with Gasteiger partial charge in [-0.2, -0.15) is 11.8 Å². The summed E-state index contributed by atoms with van der Waals surface area (Å²) in [4.78, 5) is 3.45. The first-order valence-electron chi connectivity index (χ1n) is 5.04. The van der Waals surface area contributed by atoms with E-state index in [1.807, 2.05) is 11.8 Å². The van der Waals surface area contributed by atoms with Crippen molar-refractivity contribution in [3.63, 3.8) is 0 Å². The molecule has 1 nitrogen and oxygen atoms in total. The lowest BCUT2D eigenvalue weighted by Gasteiger charge is -2.01. The quantitative estimate of drug-likeness (QED) is 0.872. The molecule has 80 valence electrons. The van der Waals surface area contributed by atoms with Crippen LogP contribution in [0.4, 0.5) is 0 Å². The third kappa shape index (κ3) is 2.58. The molecule has 0 unspecified atom stereocenters. The Morgan fingerprint density at radius 3 is 2.87 bits per heavy atom. The number of para-hydroxylation sites is 1. The zero-order valence-corrected chi connectivity index (χ0v) is 11.3. The van der Waals surface area contributed by atoms with Crippen LogP contribution in [0.3, 0.4) is 0 Å². The van der Waals surface area contributed by atoms with E-state index in [4.69, 9.17) is 0 Å². The van der Waals surface area contributed by atoms with Crippen molar-refractivity contribution in [2.24, 2.45) is 0 Å². The highest BCUT2D eigenvalue weighted by atomic mass is 79.9. The summed E-state index contributed by atoms with van der Waals surface area (Å²) in [6.45, 7) is 4.45. The van der Waals surface area contributed by atoms with Crippen LogP contribution in [-0.4, -0.2) is 10.2 Å². The molecule has 0 amide bonds. The van der Waals surface area contributed by atoms with Gasteiger partial charge in [0.2, 0.25) is 0 Å². The first kappa shape index (κ1) is 11.1. The maximum atomic E-state index is 3.55. The van der Waals surface area contributed by atoms with E-state index in [0.29, 0.717) is 5.25 Å². The molecule has 1 aromatic carbocycles. The van der Waals surface area contributed by atoms with Crippen molar-refractivity contribution in [2.45, 2.75) is 24.9 Å². The summed E-state index contributed by atoms with van der Waals surface area (Å²) in [5.41, 5.74) is 2.51. The Hall–Kier alpha value is -0.410. The van der Waals surface area contributed by atoms with Gasteiger partial charge in [0, 0.05) is 21.3 Å². The van der Waals surface area contributed by atoms with E-state index in [0.717, 1.165) is 10.2 Å². The van der Waals surface area contributed by atoms with E-state index in [9.17, 15) is 0 Å². The second-order valence-electron chi connectivity index (χ2n) is 3.86. The maximum Gasteiger partial charge on any atom is 0.0600 e. The van der Waals surface area contributed by atoms with Gasteiger partial charge >= 0.3 is 0 Å². The molecule has 2 rings (SSSR count). The highest BCUT2D eigenvalue weighted by Gasteiger charge is 2.04. The van der Waals surface area contributed by atoms with Crippen molar-refractivity contribution in [1.82, 2.24) is 4.98 Å². The summed E-state index contributed by atoms with van der Waals surface area (Å²) in [6.07, 6.45) is 0. The van der Waals surface area contributed by atoms with Crippen molar-refractivity contribution >= 4 is 38.6 Å². The van der Waals surface area contributed by atoms with Crippen LogP contribution in [0.1, 0.15) is 19.5 Å². The van der Waals surface area contributed by atoms with Crippen LogP contribution in [0, 0.1) is 0 Å². The third-order valence-electron chi connectivity index (χ3n) is 2.23. The predicted molar refractivity (Wildman–Crippen MR) is 72.4 cm³/mol. The Kier molecular flexibility index (Phi) is 3.42. The number of thioether (sulfide) groups is 1. The largest absolute Gasteiger partial charge is 0.357 e. The van der Waals surface area contributed by atoms with Crippen LogP contribution in [0.15, 0.2) is 28.7 Å². The number of H-pyrrole nitrogens is 1. The average molecular weight is 284 g/mol. The molecule has 0 aliphatic carbocycles. The van der Waals surface area contributed by atoms with E-state index in [2.05, 4.69) is 59.0 Å². The molecule has 2 aromatic rings. The van der Waals surface area contributed by atoms with E-state index >= 15 is 0 Å². The lowest BCUT2D eigenvalue weighted by Crippen LogP contribution is -1.88. The fourth-order valence-corrected chi connectivity index (χ4v) is 2.66. The smallest absolute Gasteiger partial charge is 0.0600 e. The number of halogens is 1. The number of nitrogens with one attached hydrogen (secondary N) is 1. The number of aromatic amines is 1. The number of benzene rings is 1. The third-order valence-corrected chi connectivity index (χ3v) is 4.04. The molecule has 0 aliphatic rings. The molecule has 0 aliphatic heterocycles. The fraction of sp³-hybridized carbons (Fsp3) is 0.333. The minimum Gasteiger partial charge on any atom is -0.357 e. The molecule has 1 aromatic heterocycles. The molecule has 0 bridgehead atoms. The van der Waals surface area contributed by atoms with E-state index in [1.165, 1.54) is 16.6 Å². The molecule has 1 N–H and O–H groups in total. The molecule has 15 heavy (non-hydrogen) atoms. The number of hydrogen-bond acceptors (Lipinski definition) is 1. The summed E-state index contributed by atoms with van der Waals surface area (Å²) in [7, 11) is 0. The highest BCUT2D eigenvalue weighted by Crippen LogP contribution is 2.26. The van der Waals surface area contributed by atoms with Gasteiger partial charge in [-0.1, -0.05) is 26.0 Å². The van der Waals surface area contributed by atoms with Gasteiger partial charge in [0.25, 0.3) is 0 Å². The predicted octanol–water partition coefficient (Wildman–Crippen LogP) is 4.57. The zero-order chi connectivity index (χ0) is 10.8.